The first kappa shape index (κ1) is 12.9. The van der Waals surface area contributed by atoms with Gasteiger partial charge in [-0.1, -0.05) is 19.9 Å². The van der Waals surface area contributed by atoms with Crippen LogP contribution in [-0.2, 0) is 11.3 Å². The van der Waals surface area contributed by atoms with E-state index in [4.69, 9.17) is 4.74 Å². The number of esters is 1. The van der Waals surface area contributed by atoms with E-state index in [-0.39, 0.29) is 11.4 Å². The zero-order chi connectivity index (χ0) is 13.5. The number of carbonyl (C=O) groups is 1. The van der Waals surface area contributed by atoms with E-state index in [9.17, 15) is 4.79 Å². The van der Waals surface area contributed by atoms with Gasteiger partial charge in [-0.2, -0.15) is 5.10 Å². The Morgan fingerprint density at radius 3 is 2.78 bits per heavy atom. The molecule has 0 bridgehead atoms. The molecule has 18 heavy (non-hydrogen) atoms. The molecule has 0 fully saturated rings. The van der Waals surface area contributed by atoms with Crippen LogP contribution >= 0.6 is 0 Å². The van der Waals surface area contributed by atoms with Crippen LogP contribution < -0.4 is 0 Å². The second-order valence-electron chi connectivity index (χ2n) is 5.27. The molecule has 4 heteroatoms. The third-order valence-electron chi connectivity index (χ3n) is 3.42. The normalized spacial score (nSPS) is 19.1. The molecule has 0 saturated heterocycles. The number of nitrogens with zero attached hydrogens (tertiary/aromatic N) is 2. The van der Waals surface area contributed by atoms with Gasteiger partial charge in [-0.05, 0) is 26.3 Å². The summed E-state index contributed by atoms with van der Waals surface area (Å²) in [5.41, 5.74) is 3.49. The maximum Gasteiger partial charge on any atom is 0.342 e. The molecule has 0 amide bonds. The van der Waals surface area contributed by atoms with Crippen molar-refractivity contribution in [2.75, 3.05) is 6.61 Å². The SMILES string of the molecule is C/C=C1\c2c(C(=O)OCC)c(C)nn2CC1(C)C. The molecule has 0 unspecified atom stereocenters. The van der Waals surface area contributed by atoms with Gasteiger partial charge in [0.25, 0.3) is 0 Å². The van der Waals surface area contributed by atoms with Crippen LogP contribution in [0, 0.1) is 12.3 Å². The van der Waals surface area contributed by atoms with Gasteiger partial charge in [0.15, 0.2) is 0 Å². The lowest BCUT2D eigenvalue weighted by molar-refractivity contribution is 0.0525. The maximum absolute atomic E-state index is 12.1. The molecule has 1 aliphatic rings. The largest absolute Gasteiger partial charge is 0.462 e. The molecule has 98 valence electrons. The molecule has 1 aromatic rings. The lowest BCUT2D eigenvalue weighted by Crippen LogP contribution is -2.14. The number of allylic oxidation sites excluding steroid dienone is 2. The third kappa shape index (κ3) is 1.76. The van der Waals surface area contributed by atoms with Gasteiger partial charge >= 0.3 is 5.97 Å². The average Bonchev–Trinajstić information content (AvgIpc) is 2.67. The molecular formula is C14H20N2O2. The number of rotatable bonds is 2. The first-order valence-electron chi connectivity index (χ1n) is 6.34. The van der Waals surface area contributed by atoms with Crippen molar-refractivity contribution in [3.63, 3.8) is 0 Å². The predicted molar refractivity (Wildman–Crippen MR) is 70.4 cm³/mol. The molecule has 1 aromatic heterocycles. The summed E-state index contributed by atoms with van der Waals surface area (Å²) in [6.07, 6.45) is 2.07. The molecule has 0 aromatic carbocycles. The fourth-order valence-electron chi connectivity index (χ4n) is 2.72. The topological polar surface area (TPSA) is 44.1 Å². The molecule has 0 saturated carbocycles. The molecule has 0 spiro atoms. The fraction of sp³-hybridized carbons (Fsp3) is 0.571. The number of hydrogen-bond acceptors (Lipinski definition) is 3. The van der Waals surface area contributed by atoms with E-state index in [1.165, 1.54) is 5.57 Å². The van der Waals surface area contributed by atoms with Crippen molar-refractivity contribution >= 4 is 11.5 Å². The van der Waals surface area contributed by atoms with Crippen molar-refractivity contribution in [3.05, 3.63) is 23.0 Å². The van der Waals surface area contributed by atoms with Crippen LogP contribution in [-0.4, -0.2) is 22.4 Å². The highest BCUT2D eigenvalue weighted by Gasteiger charge is 2.39. The Hall–Kier alpha value is -1.58. The molecular weight excluding hydrogens is 228 g/mol. The average molecular weight is 248 g/mol. The van der Waals surface area contributed by atoms with Gasteiger partial charge in [0.2, 0.25) is 0 Å². The van der Waals surface area contributed by atoms with Gasteiger partial charge in [-0.15, -0.1) is 0 Å². The summed E-state index contributed by atoms with van der Waals surface area (Å²) < 4.78 is 7.06. The number of hydrogen-bond donors (Lipinski definition) is 0. The number of aryl methyl sites for hydroxylation is 1. The van der Waals surface area contributed by atoms with Gasteiger partial charge < -0.3 is 4.74 Å². The van der Waals surface area contributed by atoms with E-state index in [0.717, 1.165) is 17.9 Å². The minimum absolute atomic E-state index is 0.0199. The van der Waals surface area contributed by atoms with Crippen molar-refractivity contribution in [3.8, 4) is 0 Å². The van der Waals surface area contributed by atoms with Crippen molar-refractivity contribution in [1.29, 1.82) is 0 Å². The zero-order valence-electron chi connectivity index (χ0n) is 11.7. The number of fused-ring (bicyclic) bond motifs is 1. The summed E-state index contributed by atoms with van der Waals surface area (Å²) in [5.74, 6) is -0.270. The van der Waals surface area contributed by atoms with E-state index in [0.29, 0.717) is 12.2 Å². The Balaban J connectivity index is 2.57. The summed E-state index contributed by atoms with van der Waals surface area (Å²) in [6.45, 7) is 11.2. The van der Waals surface area contributed by atoms with Gasteiger partial charge in [-0.3, -0.25) is 4.68 Å². The Labute approximate surface area is 108 Å². The van der Waals surface area contributed by atoms with Crippen molar-refractivity contribution in [1.82, 2.24) is 9.78 Å². The van der Waals surface area contributed by atoms with Gasteiger partial charge in [0.05, 0.1) is 24.5 Å². The van der Waals surface area contributed by atoms with E-state index < -0.39 is 0 Å². The Morgan fingerprint density at radius 1 is 1.56 bits per heavy atom. The minimum Gasteiger partial charge on any atom is -0.462 e. The van der Waals surface area contributed by atoms with Crippen LogP contribution in [0.3, 0.4) is 0 Å². The minimum atomic E-state index is -0.270. The highest BCUT2D eigenvalue weighted by atomic mass is 16.5. The lowest BCUT2D eigenvalue weighted by atomic mass is 9.84. The quantitative estimate of drug-likeness (QED) is 0.756. The van der Waals surface area contributed by atoms with E-state index in [1.54, 1.807) is 0 Å². The summed E-state index contributed by atoms with van der Waals surface area (Å²) in [4.78, 5) is 12.1. The second-order valence-corrected chi connectivity index (χ2v) is 5.27. The smallest absolute Gasteiger partial charge is 0.342 e. The van der Waals surface area contributed by atoms with Gasteiger partial charge in [-0.25, -0.2) is 4.79 Å². The molecule has 0 N–H and O–H groups in total. The van der Waals surface area contributed by atoms with E-state index in [2.05, 4.69) is 25.0 Å². The summed E-state index contributed by atoms with van der Waals surface area (Å²) in [5, 5.41) is 4.46. The van der Waals surface area contributed by atoms with E-state index in [1.807, 2.05) is 25.5 Å². The van der Waals surface area contributed by atoms with Crippen LogP contribution in [0.4, 0.5) is 0 Å². The lowest BCUT2D eigenvalue weighted by Gasteiger charge is -2.19. The molecule has 0 atom stereocenters. The van der Waals surface area contributed by atoms with Gasteiger partial charge in [0, 0.05) is 5.41 Å². The van der Waals surface area contributed by atoms with Gasteiger partial charge in [0.1, 0.15) is 5.56 Å². The summed E-state index contributed by atoms with van der Waals surface area (Å²) in [6, 6.07) is 0. The van der Waals surface area contributed by atoms with Crippen molar-refractivity contribution < 1.29 is 9.53 Å². The third-order valence-corrected chi connectivity index (χ3v) is 3.42. The molecule has 4 nitrogen and oxygen atoms in total. The summed E-state index contributed by atoms with van der Waals surface area (Å²) in [7, 11) is 0. The standard InChI is InChI=1S/C14H20N2O2/c1-6-10-12-11(13(17)18-7-2)9(3)15-16(12)8-14(10,4)5/h6H,7-8H2,1-5H3/b10-6+. The molecule has 2 heterocycles. The first-order chi connectivity index (χ1) is 8.42. The predicted octanol–water partition coefficient (Wildman–Crippen LogP) is 2.81. The van der Waals surface area contributed by atoms with Crippen molar-refractivity contribution in [2.45, 2.75) is 41.2 Å². The van der Waals surface area contributed by atoms with Crippen LogP contribution in [0.5, 0.6) is 0 Å². The van der Waals surface area contributed by atoms with Crippen LogP contribution in [0.2, 0.25) is 0 Å². The Bertz CT molecular complexity index is 524. The van der Waals surface area contributed by atoms with Crippen LogP contribution in [0.15, 0.2) is 6.08 Å². The van der Waals surface area contributed by atoms with Crippen LogP contribution in [0.25, 0.3) is 5.57 Å². The van der Waals surface area contributed by atoms with Crippen molar-refractivity contribution in [2.24, 2.45) is 5.41 Å². The molecule has 0 radical (unpaired) electrons. The molecule has 1 aliphatic heterocycles. The molecule has 2 rings (SSSR count). The zero-order valence-corrected chi connectivity index (χ0v) is 11.7. The number of aromatic nitrogens is 2. The fourth-order valence-corrected chi connectivity index (χ4v) is 2.72. The maximum atomic E-state index is 12.1. The first-order valence-corrected chi connectivity index (χ1v) is 6.34. The Morgan fingerprint density at radius 2 is 2.22 bits per heavy atom. The van der Waals surface area contributed by atoms with Crippen LogP contribution in [0.1, 0.15) is 49.4 Å². The number of ether oxygens (including phenoxy) is 1. The highest BCUT2D eigenvalue weighted by Crippen LogP contribution is 2.44. The summed E-state index contributed by atoms with van der Waals surface area (Å²) >= 11 is 0. The number of carbonyl (C=O) groups excluding carboxylic acids is 1. The molecule has 0 aliphatic carbocycles. The second kappa shape index (κ2) is 4.26. The highest BCUT2D eigenvalue weighted by molar-refractivity contribution is 5.97. The monoisotopic (exact) mass is 248 g/mol. The van der Waals surface area contributed by atoms with E-state index >= 15 is 0 Å². The Kier molecular flexibility index (Phi) is 3.05.